The van der Waals surface area contributed by atoms with E-state index in [4.69, 9.17) is 9.47 Å². The summed E-state index contributed by atoms with van der Waals surface area (Å²) in [5, 5.41) is 3.87. The van der Waals surface area contributed by atoms with Crippen LogP contribution >= 0.6 is 15.9 Å². The number of hydrogen-bond acceptors (Lipinski definition) is 6. The van der Waals surface area contributed by atoms with Crippen molar-refractivity contribution >= 4 is 44.6 Å². The van der Waals surface area contributed by atoms with Crippen molar-refractivity contribution in [2.24, 2.45) is 0 Å². The third-order valence-electron chi connectivity index (χ3n) is 5.10. The summed E-state index contributed by atoms with van der Waals surface area (Å²) in [4.78, 5) is 22.9. The molecule has 1 amide bonds. The van der Waals surface area contributed by atoms with Gasteiger partial charge in [-0.25, -0.2) is 19.2 Å². The Morgan fingerprint density at radius 1 is 1.21 bits per heavy atom. The summed E-state index contributed by atoms with van der Waals surface area (Å²) < 4.78 is 26.0. The zero-order valence-corrected chi connectivity index (χ0v) is 20.4. The molecule has 9 heteroatoms. The Morgan fingerprint density at radius 2 is 1.97 bits per heavy atom. The van der Waals surface area contributed by atoms with Gasteiger partial charge >= 0.3 is 6.09 Å². The molecule has 174 valence electrons. The summed E-state index contributed by atoms with van der Waals surface area (Å²) in [6.45, 7) is 6.74. The van der Waals surface area contributed by atoms with Crippen LogP contribution in [0.5, 0.6) is 5.75 Å². The molecule has 0 bridgehead atoms. The largest absolute Gasteiger partial charge is 0.489 e. The minimum Gasteiger partial charge on any atom is -0.489 e. The number of ether oxygens (including phenoxy) is 2. The van der Waals surface area contributed by atoms with Crippen molar-refractivity contribution in [1.82, 2.24) is 14.9 Å². The van der Waals surface area contributed by atoms with Gasteiger partial charge in [-0.05, 0) is 61.0 Å². The van der Waals surface area contributed by atoms with Crippen LogP contribution in [-0.4, -0.2) is 45.8 Å². The fourth-order valence-corrected chi connectivity index (χ4v) is 3.99. The Bertz CT molecular complexity index is 1160. The summed E-state index contributed by atoms with van der Waals surface area (Å²) >= 11 is 3.57. The van der Waals surface area contributed by atoms with Gasteiger partial charge in [0.1, 0.15) is 23.3 Å². The molecule has 0 aliphatic carbocycles. The molecule has 2 aromatic carbocycles. The standard InChI is InChI=1S/C24H26BrFN4O3/c1-24(2,3)33-23(31)30-9-7-18(8-10-30)32-21-13-20-15(11-19(21)25)14-27-22(29-20)28-17-6-4-5-16(26)12-17/h4-6,11-14,18H,7-10H2,1-3H3,(H,27,28,29). The molecule has 4 rings (SSSR count). The third-order valence-corrected chi connectivity index (χ3v) is 5.72. The van der Waals surface area contributed by atoms with E-state index in [9.17, 15) is 9.18 Å². The molecule has 1 saturated heterocycles. The van der Waals surface area contributed by atoms with E-state index in [2.05, 4.69) is 31.2 Å². The van der Waals surface area contributed by atoms with Crippen LogP contribution in [0, 0.1) is 5.82 Å². The summed E-state index contributed by atoms with van der Waals surface area (Å²) in [7, 11) is 0. The van der Waals surface area contributed by atoms with Crippen LogP contribution < -0.4 is 10.1 Å². The van der Waals surface area contributed by atoms with Gasteiger partial charge in [0.25, 0.3) is 0 Å². The smallest absolute Gasteiger partial charge is 0.410 e. The first-order valence-corrected chi connectivity index (χ1v) is 11.6. The number of rotatable bonds is 4. The fraction of sp³-hybridized carbons (Fsp3) is 0.375. The predicted octanol–water partition coefficient (Wildman–Crippen LogP) is 6.05. The number of hydrogen-bond donors (Lipinski definition) is 1. The van der Waals surface area contributed by atoms with E-state index in [1.54, 1.807) is 23.2 Å². The van der Waals surface area contributed by atoms with Crippen molar-refractivity contribution in [3.8, 4) is 5.75 Å². The van der Waals surface area contributed by atoms with Gasteiger partial charge in [0.15, 0.2) is 0 Å². The molecule has 0 spiro atoms. The Kier molecular flexibility index (Phi) is 6.69. The zero-order valence-electron chi connectivity index (χ0n) is 18.8. The molecule has 0 radical (unpaired) electrons. The molecular weight excluding hydrogens is 491 g/mol. The Hall–Kier alpha value is -2.94. The van der Waals surface area contributed by atoms with Crippen LogP contribution in [0.1, 0.15) is 33.6 Å². The van der Waals surface area contributed by atoms with E-state index in [-0.39, 0.29) is 18.0 Å². The van der Waals surface area contributed by atoms with Gasteiger partial charge in [0.05, 0.1) is 9.99 Å². The number of benzene rings is 2. The van der Waals surface area contributed by atoms with Gasteiger partial charge in [0.2, 0.25) is 5.95 Å². The number of piperidine rings is 1. The van der Waals surface area contributed by atoms with Gasteiger partial charge in [-0.15, -0.1) is 0 Å². The fourth-order valence-electron chi connectivity index (χ4n) is 3.54. The number of carbonyl (C=O) groups excluding carboxylic acids is 1. The normalized spacial score (nSPS) is 14.9. The van der Waals surface area contributed by atoms with Crippen LogP contribution in [0.3, 0.4) is 0 Å². The number of fused-ring (bicyclic) bond motifs is 1. The number of amides is 1. The highest BCUT2D eigenvalue weighted by Crippen LogP contribution is 2.32. The molecule has 0 unspecified atom stereocenters. The molecule has 1 N–H and O–H groups in total. The number of carbonyl (C=O) groups is 1. The predicted molar refractivity (Wildman–Crippen MR) is 128 cm³/mol. The summed E-state index contributed by atoms with van der Waals surface area (Å²) in [5.74, 6) is 0.707. The van der Waals surface area contributed by atoms with Crippen LogP contribution in [0.2, 0.25) is 0 Å². The average Bonchev–Trinajstić information content (AvgIpc) is 2.74. The van der Waals surface area contributed by atoms with Crippen molar-refractivity contribution in [1.29, 1.82) is 0 Å². The zero-order chi connectivity index (χ0) is 23.6. The quantitative estimate of drug-likeness (QED) is 0.454. The van der Waals surface area contributed by atoms with Crippen molar-refractivity contribution in [3.63, 3.8) is 0 Å². The molecule has 1 aliphatic heterocycles. The molecule has 1 aromatic heterocycles. The highest BCUT2D eigenvalue weighted by Gasteiger charge is 2.28. The van der Waals surface area contributed by atoms with Crippen molar-refractivity contribution in [2.75, 3.05) is 18.4 Å². The molecule has 2 heterocycles. The monoisotopic (exact) mass is 516 g/mol. The highest BCUT2D eigenvalue weighted by atomic mass is 79.9. The lowest BCUT2D eigenvalue weighted by atomic mass is 10.1. The minimum atomic E-state index is -0.509. The highest BCUT2D eigenvalue weighted by molar-refractivity contribution is 9.10. The second-order valence-corrected chi connectivity index (χ2v) is 9.81. The van der Waals surface area contributed by atoms with Crippen molar-refractivity contribution in [2.45, 2.75) is 45.3 Å². The Labute approximate surface area is 200 Å². The minimum absolute atomic E-state index is 0.0239. The first kappa shape index (κ1) is 23.2. The van der Waals surface area contributed by atoms with Gasteiger partial charge < -0.3 is 19.7 Å². The van der Waals surface area contributed by atoms with Gasteiger partial charge in [0, 0.05) is 49.3 Å². The average molecular weight is 517 g/mol. The number of nitrogens with one attached hydrogen (secondary N) is 1. The molecular formula is C24H26BrFN4O3. The molecule has 33 heavy (non-hydrogen) atoms. The Balaban J connectivity index is 1.43. The van der Waals surface area contributed by atoms with Gasteiger partial charge in [-0.1, -0.05) is 6.07 Å². The molecule has 3 aromatic rings. The topological polar surface area (TPSA) is 76.6 Å². The molecule has 1 aliphatic rings. The first-order chi connectivity index (χ1) is 15.7. The van der Waals surface area contributed by atoms with E-state index < -0.39 is 5.60 Å². The number of likely N-dealkylation sites (tertiary alicyclic amines) is 1. The molecule has 0 saturated carbocycles. The lowest BCUT2D eigenvalue weighted by Crippen LogP contribution is -2.44. The summed E-state index contributed by atoms with van der Waals surface area (Å²) in [6, 6.07) is 9.90. The lowest BCUT2D eigenvalue weighted by molar-refractivity contribution is 0.0126. The second-order valence-electron chi connectivity index (χ2n) is 8.96. The third kappa shape index (κ3) is 6.10. The first-order valence-electron chi connectivity index (χ1n) is 10.8. The number of nitrogens with zero attached hydrogens (tertiary/aromatic N) is 3. The van der Waals surface area contributed by atoms with E-state index in [1.165, 1.54) is 12.1 Å². The summed E-state index contributed by atoms with van der Waals surface area (Å²) in [6.07, 6.45) is 2.81. The summed E-state index contributed by atoms with van der Waals surface area (Å²) in [5.41, 5.74) is 0.762. The maximum atomic E-state index is 13.5. The van der Waals surface area contributed by atoms with E-state index >= 15 is 0 Å². The van der Waals surface area contributed by atoms with E-state index in [0.29, 0.717) is 48.8 Å². The number of anilines is 2. The van der Waals surface area contributed by atoms with Crippen molar-refractivity contribution < 1.29 is 18.7 Å². The lowest BCUT2D eigenvalue weighted by Gasteiger charge is -2.33. The molecule has 1 fully saturated rings. The molecule has 7 nitrogen and oxygen atoms in total. The van der Waals surface area contributed by atoms with Crippen LogP contribution in [-0.2, 0) is 4.74 Å². The maximum absolute atomic E-state index is 13.5. The maximum Gasteiger partial charge on any atom is 0.410 e. The van der Waals surface area contributed by atoms with Crippen LogP contribution in [0.4, 0.5) is 20.8 Å². The second kappa shape index (κ2) is 9.51. The van der Waals surface area contributed by atoms with Crippen LogP contribution in [0.25, 0.3) is 10.9 Å². The van der Waals surface area contributed by atoms with E-state index in [1.807, 2.05) is 32.9 Å². The van der Waals surface area contributed by atoms with Gasteiger partial charge in [-0.3, -0.25) is 0 Å². The molecule has 0 atom stereocenters. The number of aromatic nitrogens is 2. The van der Waals surface area contributed by atoms with Gasteiger partial charge in [-0.2, -0.15) is 0 Å². The SMILES string of the molecule is CC(C)(C)OC(=O)N1CCC(Oc2cc3nc(Nc4cccc(F)c4)ncc3cc2Br)CC1. The van der Waals surface area contributed by atoms with Crippen LogP contribution in [0.15, 0.2) is 47.1 Å². The van der Waals surface area contributed by atoms with E-state index in [0.717, 1.165) is 9.86 Å². The number of halogens is 2. The van der Waals surface area contributed by atoms with Crippen molar-refractivity contribution in [3.05, 3.63) is 52.9 Å². The Morgan fingerprint density at radius 3 is 2.67 bits per heavy atom.